The predicted molar refractivity (Wildman–Crippen MR) is 62.4 cm³/mol. The molecule has 92 valence electrons. The average Bonchev–Trinajstić information content (AvgIpc) is 3.09. The van der Waals surface area contributed by atoms with Crippen LogP contribution in [0.15, 0.2) is 18.2 Å². The minimum absolute atomic E-state index is 0.0740. The number of aliphatic carboxylic acids is 1. The first-order valence-electron chi connectivity index (χ1n) is 5.70. The van der Waals surface area contributed by atoms with Crippen LogP contribution in [0.2, 0.25) is 0 Å². The number of rotatable bonds is 5. The van der Waals surface area contributed by atoms with E-state index in [9.17, 15) is 9.90 Å². The molecule has 0 heterocycles. The Morgan fingerprint density at radius 1 is 1.53 bits per heavy atom. The van der Waals surface area contributed by atoms with Crippen LogP contribution in [0.5, 0.6) is 11.5 Å². The van der Waals surface area contributed by atoms with Gasteiger partial charge in [0, 0.05) is 12.0 Å². The lowest BCUT2D eigenvalue weighted by atomic mass is 9.90. The van der Waals surface area contributed by atoms with Crippen molar-refractivity contribution in [3.8, 4) is 11.5 Å². The van der Waals surface area contributed by atoms with Gasteiger partial charge >= 0.3 is 5.97 Å². The van der Waals surface area contributed by atoms with Gasteiger partial charge in [-0.2, -0.15) is 0 Å². The fraction of sp³-hybridized carbons (Fsp3) is 0.462. The van der Waals surface area contributed by atoms with Crippen molar-refractivity contribution in [1.82, 2.24) is 0 Å². The molecule has 1 aromatic carbocycles. The number of carboxylic acids is 1. The molecule has 0 aromatic heterocycles. The molecular formula is C13H16O4. The third-order valence-corrected chi connectivity index (χ3v) is 3.22. The SMILES string of the molecule is COc1ccc(C(CC(=O)O)C2CC2)c(O)c1. The number of carbonyl (C=O) groups is 1. The summed E-state index contributed by atoms with van der Waals surface area (Å²) in [6, 6.07) is 5.05. The topological polar surface area (TPSA) is 66.8 Å². The van der Waals surface area contributed by atoms with Gasteiger partial charge in [-0.05, 0) is 30.4 Å². The Bertz CT molecular complexity index is 423. The summed E-state index contributed by atoms with van der Waals surface area (Å²) in [5.74, 6) is 0.194. The van der Waals surface area contributed by atoms with Crippen molar-refractivity contribution in [3.05, 3.63) is 23.8 Å². The highest BCUT2D eigenvalue weighted by Gasteiger charge is 2.35. The molecule has 1 aliphatic carbocycles. The monoisotopic (exact) mass is 236 g/mol. The minimum atomic E-state index is -0.822. The third-order valence-electron chi connectivity index (χ3n) is 3.22. The zero-order valence-electron chi connectivity index (χ0n) is 9.72. The first-order chi connectivity index (χ1) is 8.11. The van der Waals surface area contributed by atoms with Gasteiger partial charge in [0.2, 0.25) is 0 Å². The van der Waals surface area contributed by atoms with E-state index in [2.05, 4.69) is 0 Å². The number of hydrogen-bond acceptors (Lipinski definition) is 3. The van der Waals surface area contributed by atoms with E-state index in [4.69, 9.17) is 9.84 Å². The van der Waals surface area contributed by atoms with E-state index in [1.165, 1.54) is 13.2 Å². The first kappa shape index (κ1) is 11.8. The Hall–Kier alpha value is -1.71. The standard InChI is InChI=1S/C13H16O4/c1-17-9-4-5-10(12(14)6-9)11(7-13(15)16)8-2-3-8/h4-6,8,11,14H,2-3,7H2,1H3,(H,15,16). The van der Waals surface area contributed by atoms with E-state index in [1.54, 1.807) is 12.1 Å². The molecule has 0 bridgehead atoms. The second-order valence-electron chi connectivity index (χ2n) is 4.47. The summed E-state index contributed by atoms with van der Waals surface area (Å²) < 4.78 is 5.01. The van der Waals surface area contributed by atoms with Crippen molar-refractivity contribution >= 4 is 5.97 Å². The van der Waals surface area contributed by atoms with Crippen LogP contribution < -0.4 is 4.74 Å². The van der Waals surface area contributed by atoms with Gasteiger partial charge in [-0.1, -0.05) is 6.07 Å². The van der Waals surface area contributed by atoms with Gasteiger partial charge in [-0.3, -0.25) is 4.79 Å². The van der Waals surface area contributed by atoms with Gasteiger partial charge in [0.05, 0.1) is 13.5 Å². The summed E-state index contributed by atoms with van der Waals surface area (Å²) in [6.45, 7) is 0. The van der Waals surface area contributed by atoms with Crippen LogP contribution in [0.25, 0.3) is 0 Å². The quantitative estimate of drug-likeness (QED) is 0.823. The molecule has 0 aliphatic heterocycles. The number of ether oxygens (including phenoxy) is 1. The molecular weight excluding hydrogens is 220 g/mol. The lowest BCUT2D eigenvalue weighted by molar-refractivity contribution is -0.137. The second kappa shape index (κ2) is 4.65. The number of phenolic OH excluding ortho intramolecular Hbond substituents is 1. The highest BCUT2D eigenvalue weighted by Crippen LogP contribution is 2.47. The van der Waals surface area contributed by atoms with Crippen LogP contribution in [0, 0.1) is 5.92 Å². The maximum atomic E-state index is 10.8. The first-order valence-corrected chi connectivity index (χ1v) is 5.70. The largest absolute Gasteiger partial charge is 0.508 e. The Balaban J connectivity index is 2.25. The Labute approximate surface area is 99.8 Å². The van der Waals surface area contributed by atoms with Crippen LogP contribution in [0.3, 0.4) is 0 Å². The normalized spacial score (nSPS) is 16.5. The molecule has 4 nitrogen and oxygen atoms in total. The molecule has 1 aromatic rings. The van der Waals surface area contributed by atoms with E-state index in [0.717, 1.165) is 18.4 Å². The Morgan fingerprint density at radius 2 is 2.24 bits per heavy atom. The van der Waals surface area contributed by atoms with Crippen LogP contribution in [0.4, 0.5) is 0 Å². The maximum Gasteiger partial charge on any atom is 0.303 e. The van der Waals surface area contributed by atoms with E-state index in [1.807, 2.05) is 0 Å². The zero-order chi connectivity index (χ0) is 12.4. The fourth-order valence-electron chi connectivity index (χ4n) is 2.18. The van der Waals surface area contributed by atoms with E-state index in [-0.39, 0.29) is 18.1 Å². The molecule has 17 heavy (non-hydrogen) atoms. The number of aromatic hydroxyl groups is 1. The fourth-order valence-corrected chi connectivity index (χ4v) is 2.18. The summed E-state index contributed by atoms with van der Waals surface area (Å²) in [6.07, 6.45) is 2.16. The highest BCUT2D eigenvalue weighted by atomic mass is 16.5. The summed E-state index contributed by atoms with van der Waals surface area (Å²) in [4.78, 5) is 10.8. The number of carboxylic acid groups (broad SMARTS) is 1. The Kier molecular flexibility index (Phi) is 3.22. The molecule has 1 unspecified atom stereocenters. The average molecular weight is 236 g/mol. The molecule has 0 radical (unpaired) electrons. The van der Waals surface area contributed by atoms with Crippen LogP contribution in [-0.2, 0) is 4.79 Å². The number of benzene rings is 1. The molecule has 1 fully saturated rings. The molecule has 0 amide bonds. The van der Waals surface area contributed by atoms with E-state index >= 15 is 0 Å². The zero-order valence-corrected chi connectivity index (χ0v) is 9.72. The molecule has 2 rings (SSSR count). The summed E-state index contributed by atoms with van der Waals surface area (Å²) in [5, 5.41) is 18.8. The lowest BCUT2D eigenvalue weighted by Crippen LogP contribution is -2.08. The van der Waals surface area contributed by atoms with Crippen molar-refractivity contribution in [3.63, 3.8) is 0 Å². The van der Waals surface area contributed by atoms with Gasteiger partial charge < -0.3 is 14.9 Å². The predicted octanol–water partition coefficient (Wildman–Crippen LogP) is 2.37. The van der Waals surface area contributed by atoms with Crippen molar-refractivity contribution in [1.29, 1.82) is 0 Å². The van der Waals surface area contributed by atoms with Crippen molar-refractivity contribution in [2.45, 2.75) is 25.2 Å². The maximum absolute atomic E-state index is 10.8. The van der Waals surface area contributed by atoms with Gasteiger partial charge in [0.25, 0.3) is 0 Å². The lowest BCUT2D eigenvalue weighted by Gasteiger charge is -2.16. The Morgan fingerprint density at radius 3 is 2.71 bits per heavy atom. The van der Waals surface area contributed by atoms with Gasteiger partial charge in [-0.25, -0.2) is 0 Å². The summed E-state index contributed by atoms with van der Waals surface area (Å²) in [5.41, 5.74) is 0.718. The van der Waals surface area contributed by atoms with Gasteiger partial charge in [0.15, 0.2) is 0 Å². The van der Waals surface area contributed by atoms with Crippen molar-refractivity contribution in [2.75, 3.05) is 7.11 Å². The van der Waals surface area contributed by atoms with E-state index in [0.29, 0.717) is 11.7 Å². The minimum Gasteiger partial charge on any atom is -0.508 e. The van der Waals surface area contributed by atoms with E-state index < -0.39 is 5.97 Å². The molecule has 4 heteroatoms. The third kappa shape index (κ3) is 2.70. The number of hydrogen-bond donors (Lipinski definition) is 2. The molecule has 1 saturated carbocycles. The highest BCUT2D eigenvalue weighted by molar-refractivity contribution is 5.68. The van der Waals surface area contributed by atoms with Gasteiger partial charge in [-0.15, -0.1) is 0 Å². The number of methoxy groups -OCH3 is 1. The molecule has 0 saturated heterocycles. The van der Waals surface area contributed by atoms with Crippen molar-refractivity contribution < 1.29 is 19.7 Å². The van der Waals surface area contributed by atoms with Crippen LogP contribution in [-0.4, -0.2) is 23.3 Å². The van der Waals surface area contributed by atoms with Gasteiger partial charge in [0.1, 0.15) is 11.5 Å². The summed E-state index contributed by atoms with van der Waals surface area (Å²) >= 11 is 0. The summed E-state index contributed by atoms with van der Waals surface area (Å²) in [7, 11) is 1.53. The number of phenols is 1. The van der Waals surface area contributed by atoms with Crippen LogP contribution in [0.1, 0.15) is 30.7 Å². The second-order valence-corrected chi connectivity index (χ2v) is 4.47. The molecule has 2 N–H and O–H groups in total. The molecule has 1 atom stereocenters. The van der Waals surface area contributed by atoms with Crippen LogP contribution >= 0.6 is 0 Å². The molecule has 1 aliphatic rings. The molecule has 0 spiro atoms. The smallest absolute Gasteiger partial charge is 0.303 e. The van der Waals surface area contributed by atoms with Crippen molar-refractivity contribution in [2.24, 2.45) is 5.92 Å².